The zero-order chi connectivity index (χ0) is 18.6. The third-order valence-electron chi connectivity index (χ3n) is 4.92. The van der Waals surface area contributed by atoms with Crippen LogP contribution in [0.25, 0.3) is 0 Å². The molecule has 0 radical (unpaired) electrons. The molecule has 26 heavy (non-hydrogen) atoms. The minimum Gasteiger partial charge on any atom is -0.393 e. The Hall–Kier alpha value is -2.18. The van der Waals surface area contributed by atoms with E-state index in [-0.39, 0.29) is 12.5 Å². The van der Waals surface area contributed by atoms with Crippen LogP contribution in [-0.4, -0.2) is 57.6 Å². The minimum atomic E-state index is -0.725. The molecule has 1 aliphatic rings. The van der Waals surface area contributed by atoms with Gasteiger partial charge in [-0.3, -0.25) is 9.48 Å². The molecule has 2 aromatic rings. The average Bonchev–Trinajstić information content (AvgIpc) is 3.07. The molecule has 1 aliphatic heterocycles. The number of aromatic nitrogens is 2. The molecule has 1 N–H and O–H groups in total. The van der Waals surface area contributed by atoms with E-state index in [1.54, 1.807) is 10.9 Å². The zero-order valence-corrected chi connectivity index (χ0v) is 15.5. The van der Waals surface area contributed by atoms with Crippen LogP contribution in [0.2, 0.25) is 0 Å². The molecular formula is C20H27N3O3. The molecule has 0 unspecified atom stereocenters. The summed E-state index contributed by atoms with van der Waals surface area (Å²) in [6.45, 7) is 3.38. The lowest BCUT2D eigenvalue weighted by molar-refractivity contribution is -0.157. The highest BCUT2D eigenvalue weighted by Crippen LogP contribution is 2.24. The van der Waals surface area contributed by atoms with Crippen molar-refractivity contribution in [3.63, 3.8) is 0 Å². The summed E-state index contributed by atoms with van der Waals surface area (Å²) in [5.74, 6) is 0.0962. The Labute approximate surface area is 154 Å². The molecule has 1 saturated heterocycles. The van der Waals surface area contributed by atoms with Gasteiger partial charge in [-0.05, 0) is 24.5 Å². The molecule has 1 aromatic carbocycles. The predicted octanol–water partition coefficient (Wildman–Crippen LogP) is 1.49. The second-order valence-electron chi connectivity index (χ2n) is 7.19. The van der Waals surface area contributed by atoms with Gasteiger partial charge in [0.2, 0.25) is 5.91 Å². The summed E-state index contributed by atoms with van der Waals surface area (Å²) < 4.78 is 7.68. The standard InChI is InChI=1S/C20H27N3O3/c1-16-3-5-17(6-4-16)11-20(15-24)14-23(9-10-26-20)19(25)8-7-18-12-21-22(2)13-18/h3-6,12-13,24H,7-11,14-15H2,1-2H3/t20-/m1/s1. The molecule has 0 saturated carbocycles. The smallest absolute Gasteiger partial charge is 0.223 e. The molecule has 1 atom stereocenters. The Morgan fingerprint density at radius 3 is 2.73 bits per heavy atom. The number of aliphatic hydroxyl groups excluding tert-OH is 1. The molecular weight excluding hydrogens is 330 g/mol. The predicted molar refractivity (Wildman–Crippen MR) is 98.8 cm³/mol. The number of morpholine rings is 1. The van der Waals surface area contributed by atoms with E-state index in [2.05, 4.69) is 29.4 Å². The summed E-state index contributed by atoms with van der Waals surface area (Å²) >= 11 is 0. The Balaban J connectivity index is 1.62. The number of aliphatic hydroxyl groups is 1. The second-order valence-corrected chi connectivity index (χ2v) is 7.19. The highest BCUT2D eigenvalue weighted by Gasteiger charge is 2.38. The van der Waals surface area contributed by atoms with E-state index >= 15 is 0 Å². The lowest BCUT2D eigenvalue weighted by Gasteiger charge is -2.42. The molecule has 2 heterocycles. The van der Waals surface area contributed by atoms with E-state index in [4.69, 9.17) is 4.74 Å². The van der Waals surface area contributed by atoms with Gasteiger partial charge in [0.1, 0.15) is 5.60 Å². The van der Waals surface area contributed by atoms with Crippen molar-refractivity contribution in [2.45, 2.75) is 31.8 Å². The van der Waals surface area contributed by atoms with E-state index in [9.17, 15) is 9.90 Å². The summed E-state index contributed by atoms with van der Waals surface area (Å²) in [7, 11) is 1.87. The lowest BCUT2D eigenvalue weighted by atomic mass is 9.92. The number of benzene rings is 1. The number of rotatable bonds is 6. The van der Waals surface area contributed by atoms with Gasteiger partial charge in [-0.2, -0.15) is 5.10 Å². The SMILES string of the molecule is Cc1ccc(C[C@]2(CO)CN(C(=O)CCc3cnn(C)c3)CCO2)cc1. The van der Waals surface area contributed by atoms with Gasteiger partial charge in [0.15, 0.2) is 0 Å². The van der Waals surface area contributed by atoms with Gasteiger partial charge in [-0.25, -0.2) is 0 Å². The number of nitrogens with zero attached hydrogens (tertiary/aromatic N) is 3. The van der Waals surface area contributed by atoms with Crippen molar-refractivity contribution >= 4 is 5.91 Å². The number of hydrogen-bond donors (Lipinski definition) is 1. The van der Waals surface area contributed by atoms with Crippen LogP contribution in [0.1, 0.15) is 23.1 Å². The normalized spacial score (nSPS) is 20.3. The Morgan fingerprint density at radius 1 is 1.31 bits per heavy atom. The van der Waals surface area contributed by atoms with Gasteiger partial charge < -0.3 is 14.7 Å². The minimum absolute atomic E-state index is 0.0962. The maximum atomic E-state index is 12.6. The van der Waals surface area contributed by atoms with Crippen LogP contribution in [0, 0.1) is 6.92 Å². The third-order valence-corrected chi connectivity index (χ3v) is 4.92. The van der Waals surface area contributed by atoms with Crippen LogP contribution in [0.15, 0.2) is 36.7 Å². The maximum Gasteiger partial charge on any atom is 0.223 e. The van der Waals surface area contributed by atoms with Crippen LogP contribution < -0.4 is 0 Å². The zero-order valence-electron chi connectivity index (χ0n) is 15.5. The molecule has 6 nitrogen and oxygen atoms in total. The fourth-order valence-electron chi connectivity index (χ4n) is 3.40. The average molecular weight is 357 g/mol. The molecule has 6 heteroatoms. The highest BCUT2D eigenvalue weighted by molar-refractivity contribution is 5.76. The van der Waals surface area contributed by atoms with Crippen LogP contribution in [0.5, 0.6) is 0 Å². The first-order valence-corrected chi connectivity index (χ1v) is 9.05. The topological polar surface area (TPSA) is 67.6 Å². The van der Waals surface area contributed by atoms with Gasteiger partial charge in [-0.15, -0.1) is 0 Å². The van der Waals surface area contributed by atoms with Crippen molar-refractivity contribution < 1.29 is 14.6 Å². The number of amides is 1. The monoisotopic (exact) mass is 357 g/mol. The first kappa shape index (κ1) is 18.6. The summed E-state index contributed by atoms with van der Waals surface area (Å²) in [6, 6.07) is 8.22. The number of carbonyl (C=O) groups excluding carboxylic acids is 1. The van der Waals surface area contributed by atoms with Crippen molar-refractivity contribution in [1.29, 1.82) is 0 Å². The van der Waals surface area contributed by atoms with Crippen molar-refractivity contribution in [1.82, 2.24) is 14.7 Å². The van der Waals surface area contributed by atoms with E-state index in [0.717, 1.165) is 11.1 Å². The molecule has 140 valence electrons. The van der Waals surface area contributed by atoms with E-state index < -0.39 is 5.60 Å². The summed E-state index contributed by atoms with van der Waals surface area (Å²) in [4.78, 5) is 14.5. The Kier molecular flexibility index (Phi) is 5.74. The van der Waals surface area contributed by atoms with Crippen LogP contribution in [-0.2, 0) is 29.4 Å². The van der Waals surface area contributed by atoms with Crippen LogP contribution in [0.4, 0.5) is 0 Å². The molecule has 0 bridgehead atoms. The largest absolute Gasteiger partial charge is 0.393 e. The molecule has 1 amide bonds. The van der Waals surface area contributed by atoms with Gasteiger partial charge >= 0.3 is 0 Å². The fraction of sp³-hybridized carbons (Fsp3) is 0.500. The number of hydrogen-bond acceptors (Lipinski definition) is 4. The van der Waals surface area contributed by atoms with Gasteiger partial charge in [-0.1, -0.05) is 29.8 Å². The van der Waals surface area contributed by atoms with E-state index in [1.165, 1.54) is 5.56 Å². The first-order chi connectivity index (χ1) is 12.5. The first-order valence-electron chi connectivity index (χ1n) is 9.05. The second kappa shape index (κ2) is 8.01. The van der Waals surface area contributed by atoms with Gasteiger partial charge in [0.05, 0.1) is 26.0 Å². The quantitative estimate of drug-likeness (QED) is 0.851. The molecule has 0 spiro atoms. The number of aryl methyl sites for hydroxylation is 3. The third kappa shape index (κ3) is 4.51. The van der Waals surface area contributed by atoms with Crippen molar-refractivity contribution in [2.24, 2.45) is 7.05 Å². The number of carbonyl (C=O) groups is 1. The van der Waals surface area contributed by atoms with E-state index in [1.807, 2.05) is 25.1 Å². The highest BCUT2D eigenvalue weighted by atomic mass is 16.5. The summed E-state index contributed by atoms with van der Waals surface area (Å²) in [5.41, 5.74) is 2.64. The summed E-state index contributed by atoms with van der Waals surface area (Å²) in [5, 5.41) is 14.1. The molecule has 0 aliphatic carbocycles. The van der Waals surface area contributed by atoms with Crippen LogP contribution >= 0.6 is 0 Å². The number of ether oxygens (including phenoxy) is 1. The maximum absolute atomic E-state index is 12.6. The van der Waals surface area contributed by atoms with Crippen molar-refractivity contribution in [3.05, 3.63) is 53.3 Å². The Bertz CT molecular complexity index is 741. The Morgan fingerprint density at radius 2 is 2.08 bits per heavy atom. The van der Waals surface area contributed by atoms with E-state index in [0.29, 0.717) is 39.0 Å². The van der Waals surface area contributed by atoms with Gasteiger partial charge in [0.25, 0.3) is 0 Å². The van der Waals surface area contributed by atoms with Gasteiger partial charge in [0, 0.05) is 32.6 Å². The fourth-order valence-corrected chi connectivity index (χ4v) is 3.40. The van der Waals surface area contributed by atoms with Crippen LogP contribution in [0.3, 0.4) is 0 Å². The molecule has 1 fully saturated rings. The molecule has 1 aromatic heterocycles. The lowest BCUT2D eigenvalue weighted by Crippen LogP contribution is -2.56. The molecule has 3 rings (SSSR count). The summed E-state index contributed by atoms with van der Waals surface area (Å²) in [6.07, 6.45) is 5.44. The van der Waals surface area contributed by atoms with Crippen molar-refractivity contribution in [2.75, 3.05) is 26.3 Å². The van der Waals surface area contributed by atoms with Crippen molar-refractivity contribution in [3.8, 4) is 0 Å².